The van der Waals surface area contributed by atoms with Crippen LogP contribution in [0.2, 0.25) is 0 Å². The van der Waals surface area contributed by atoms with Gasteiger partial charge in [0.1, 0.15) is 0 Å². The topological polar surface area (TPSA) is 25.2 Å². The number of hydrogen-bond acceptors (Lipinski definition) is 1. The molecule has 0 N–H and O–H groups in total. The summed E-state index contributed by atoms with van der Waals surface area (Å²) < 4.78 is 2.37. The summed E-state index contributed by atoms with van der Waals surface area (Å²) in [5.74, 6) is 2.77. The molecule has 1 amide bonds. The molecule has 1 atom stereocenters. The maximum atomic E-state index is 13.0. The van der Waals surface area contributed by atoms with Gasteiger partial charge >= 0.3 is 0 Å². The SMILES string of the molecule is Cc1cc(C(=O)N2CCC(C3CCCC3)C2)c(C)n1CC1CC1. The second-order valence-electron chi connectivity index (χ2n) is 8.18. The highest BCUT2D eigenvalue weighted by Gasteiger charge is 2.34. The molecule has 1 aliphatic heterocycles. The number of aryl methyl sites for hydroxylation is 1. The average molecular weight is 314 g/mol. The number of rotatable bonds is 4. The summed E-state index contributed by atoms with van der Waals surface area (Å²) >= 11 is 0. The number of carbonyl (C=O) groups is 1. The molecule has 0 aromatic carbocycles. The predicted octanol–water partition coefficient (Wildman–Crippen LogP) is 4.17. The molecule has 3 fully saturated rings. The molecule has 4 rings (SSSR count). The van der Waals surface area contributed by atoms with E-state index in [1.165, 1.54) is 56.3 Å². The molecule has 2 heterocycles. The molecule has 0 radical (unpaired) electrons. The minimum absolute atomic E-state index is 0.278. The highest BCUT2D eigenvalue weighted by molar-refractivity contribution is 5.95. The third kappa shape index (κ3) is 2.95. The van der Waals surface area contributed by atoms with E-state index in [2.05, 4.69) is 29.4 Å². The van der Waals surface area contributed by atoms with E-state index in [9.17, 15) is 4.79 Å². The van der Waals surface area contributed by atoms with Crippen LogP contribution in [0.3, 0.4) is 0 Å². The third-order valence-corrected chi connectivity index (χ3v) is 6.52. The van der Waals surface area contributed by atoms with E-state index in [-0.39, 0.29) is 5.91 Å². The summed E-state index contributed by atoms with van der Waals surface area (Å²) in [6.07, 6.45) is 9.52. The van der Waals surface area contributed by atoms with Crippen LogP contribution in [0.25, 0.3) is 0 Å². The Kier molecular flexibility index (Phi) is 3.98. The van der Waals surface area contributed by atoms with Crippen molar-refractivity contribution in [2.45, 2.75) is 65.3 Å². The summed E-state index contributed by atoms with van der Waals surface area (Å²) in [6, 6.07) is 2.13. The summed E-state index contributed by atoms with van der Waals surface area (Å²) in [6.45, 7) is 7.35. The lowest BCUT2D eigenvalue weighted by Crippen LogP contribution is -2.30. The maximum absolute atomic E-state index is 13.0. The molecule has 3 aliphatic rings. The highest BCUT2D eigenvalue weighted by Crippen LogP contribution is 2.37. The molecule has 2 saturated carbocycles. The van der Waals surface area contributed by atoms with Crippen molar-refractivity contribution in [3.05, 3.63) is 23.0 Å². The first-order valence-electron chi connectivity index (χ1n) is 9.59. The first-order chi connectivity index (χ1) is 11.1. The van der Waals surface area contributed by atoms with E-state index in [4.69, 9.17) is 0 Å². The zero-order valence-electron chi connectivity index (χ0n) is 14.7. The van der Waals surface area contributed by atoms with E-state index in [1.807, 2.05) is 0 Å². The predicted molar refractivity (Wildman–Crippen MR) is 92.6 cm³/mol. The van der Waals surface area contributed by atoms with Crippen molar-refractivity contribution in [2.75, 3.05) is 13.1 Å². The van der Waals surface area contributed by atoms with Gasteiger partial charge in [0.15, 0.2) is 0 Å². The van der Waals surface area contributed by atoms with Gasteiger partial charge in [-0.3, -0.25) is 4.79 Å². The number of amides is 1. The lowest BCUT2D eigenvalue weighted by atomic mass is 9.90. The fraction of sp³-hybridized carbons (Fsp3) is 0.750. The van der Waals surface area contributed by atoms with E-state index >= 15 is 0 Å². The lowest BCUT2D eigenvalue weighted by Gasteiger charge is -2.20. The Labute approximate surface area is 140 Å². The Balaban J connectivity index is 1.46. The van der Waals surface area contributed by atoms with Gasteiger partial charge in [0.05, 0.1) is 5.56 Å². The molecule has 1 aromatic rings. The minimum atomic E-state index is 0.278. The molecule has 23 heavy (non-hydrogen) atoms. The van der Waals surface area contributed by atoms with Crippen molar-refractivity contribution in [1.29, 1.82) is 0 Å². The summed E-state index contributed by atoms with van der Waals surface area (Å²) in [5.41, 5.74) is 3.39. The zero-order chi connectivity index (χ0) is 16.0. The minimum Gasteiger partial charge on any atom is -0.348 e. The molecule has 1 unspecified atom stereocenters. The van der Waals surface area contributed by atoms with Crippen LogP contribution in [0.1, 0.15) is 66.7 Å². The van der Waals surface area contributed by atoms with Crippen LogP contribution < -0.4 is 0 Å². The Bertz CT molecular complexity index is 593. The van der Waals surface area contributed by atoms with Crippen molar-refractivity contribution < 1.29 is 4.79 Å². The Morgan fingerprint density at radius 1 is 1.09 bits per heavy atom. The van der Waals surface area contributed by atoms with Gasteiger partial charge in [-0.25, -0.2) is 0 Å². The second-order valence-corrected chi connectivity index (χ2v) is 8.18. The monoisotopic (exact) mass is 314 g/mol. The van der Waals surface area contributed by atoms with E-state index in [0.717, 1.165) is 43.0 Å². The van der Waals surface area contributed by atoms with Gasteiger partial charge < -0.3 is 9.47 Å². The van der Waals surface area contributed by atoms with Crippen molar-refractivity contribution in [3.63, 3.8) is 0 Å². The van der Waals surface area contributed by atoms with Crippen LogP contribution in [0.5, 0.6) is 0 Å². The fourth-order valence-electron chi connectivity index (χ4n) is 4.81. The van der Waals surface area contributed by atoms with Gasteiger partial charge in [0.25, 0.3) is 5.91 Å². The van der Waals surface area contributed by atoms with E-state index < -0.39 is 0 Å². The summed E-state index contributed by atoms with van der Waals surface area (Å²) in [5, 5.41) is 0. The Morgan fingerprint density at radius 3 is 2.52 bits per heavy atom. The normalized spacial score (nSPS) is 25.5. The molecule has 3 nitrogen and oxygen atoms in total. The van der Waals surface area contributed by atoms with Crippen molar-refractivity contribution >= 4 is 5.91 Å². The van der Waals surface area contributed by atoms with Crippen LogP contribution >= 0.6 is 0 Å². The molecule has 126 valence electrons. The summed E-state index contributed by atoms with van der Waals surface area (Å²) in [7, 11) is 0. The van der Waals surface area contributed by atoms with Crippen molar-refractivity contribution in [3.8, 4) is 0 Å². The van der Waals surface area contributed by atoms with Crippen LogP contribution in [0.4, 0.5) is 0 Å². The average Bonchev–Trinajstić information content (AvgIpc) is 2.95. The fourth-order valence-corrected chi connectivity index (χ4v) is 4.81. The third-order valence-electron chi connectivity index (χ3n) is 6.52. The molecule has 1 saturated heterocycles. The van der Waals surface area contributed by atoms with Gasteiger partial charge in [0, 0.05) is 31.0 Å². The quantitative estimate of drug-likeness (QED) is 0.819. The number of hydrogen-bond donors (Lipinski definition) is 0. The highest BCUT2D eigenvalue weighted by atomic mass is 16.2. The first kappa shape index (κ1) is 15.3. The standard InChI is InChI=1S/C20H30N2O/c1-14-11-19(15(2)22(14)12-16-7-8-16)20(23)21-10-9-18(13-21)17-5-3-4-6-17/h11,16-18H,3-10,12-13H2,1-2H3. The van der Waals surface area contributed by atoms with Crippen molar-refractivity contribution in [1.82, 2.24) is 9.47 Å². The van der Waals surface area contributed by atoms with Crippen LogP contribution in [-0.2, 0) is 6.54 Å². The maximum Gasteiger partial charge on any atom is 0.255 e. The summed E-state index contributed by atoms with van der Waals surface area (Å²) in [4.78, 5) is 15.1. The van der Waals surface area contributed by atoms with Gasteiger partial charge in [-0.15, -0.1) is 0 Å². The zero-order valence-corrected chi connectivity index (χ0v) is 14.7. The van der Waals surface area contributed by atoms with Crippen LogP contribution in [0, 0.1) is 31.6 Å². The lowest BCUT2D eigenvalue weighted by molar-refractivity contribution is 0.0781. The van der Waals surface area contributed by atoms with Crippen LogP contribution in [0.15, 0.2) is 6.07 Å². The molecule has 1 aromatic heterocycles. The largest absolute Gasteiger partial charge is 0.348 e. The van der Waals surface area contributed by atoms with Gasteiger partial charge in [0.2, 0.25) is 0 Å². The molecular formula is C20H30N2O. The molecular weight excluding hydrogens is 284 g/mol. The Hall–Kier alpha value is -1.25. The van der Waals surface area contributed by atoms with Crippen LogP contribution in [-0.4, -0.2) is 28.5 Å². The van der Waals surface area contributed by atoms with Gasteiger partial charge in [-0.05, 0) is 56.9 Å². The Morgan fingerprint density at radius 2 is 1.83 bits per heavy atom. The van der Waals surface area contributed by atoms with E-state index in [1.54, 1.807) is 0 Å². The number of nitrogens with zero attached hydrogens (tertiary/aromatic N) is 2. The second kappa shape index (κ2) is 5.99. The molecule has 2 aliphatic carbocycles. The first-order valence-corrected chi connectivity index (χ1v) is 9.59. The molecule has 3 heteroatoms. The van der Waals surface area contributed by atoms with Gasteiger partial charge in [-0.2, -0.15) is 0 Å². The molecule has 0 bridgehead atoms. The van der Waals surface area contributed by atoms with Gasteiger partial charge in [-0.1, -0.05) is 25.7 Å². The number of aromatic nitrogens is 1. The number of likely N-dealkylation sites (tertiary alicyclic amines) is 1. The smallest absolute Gasteiger partial charge is 0.255 e. The van der Waals surface area contributed by atoms with E-state index in [0.29, 0.717) is 0 Å². The van der Waals surface area contributed by atoms with Crippen molar-refractivity contribution in [2.24, 2.45) is 17.8 Å². The number of carbonyl (C=O) groups excluding carboxylic acids is 1. The molecule has 0 spiro atoms.